The second-order valence-corrected chi connectivity index (χ2v) is 7.99. The molecule has 0 bridgehead atoms. The number of benzene rings is 1. The van der Waals surface area contributed by atoms with Crippen LogP contribution < -0.4 is 5.32 Å². The van der Waals surface area contributed by atoms with E-state index in [1.54, 1.807) is 38.0 Å². The number of amides is 1. The molecule has 0 aliphatic heterocycles. The van der Waals surface area contributed by atoms with Gasteiger partial charge in [0, 0.05) is 18.8 Å². The summed E-state index contributed by atoms with van der Waals surface area (Å²) in [6.07, 6.45) is 6.21. The van der Waals surface area contributed by atoms with Crippen LogP contribution >= 0.6 is 0 Å². The normalized spacial score (nSPS) is 12.6. The molecule has 0 fully saturated rings. The lowest BCUT2D eigenvalue weighted by atomic mass is 9.62. The minimum absolute atomic E-state index is 0.0649. The topological polar surface area (TPSA) is 92.7 Å². The van der Waals surface area contributed by atoms with Gasteiger partial charge < -0.3 is 15.1 Å². The highest BCUT2D eigenvalue weighted by Crippen LogP contribution is 2.18. The van der Waals surface area contributed by atoms with E-state index in [2.05, 4.69) is 11.2 Å². The Morgan fingerprint density at radius 3 is 2.30 bits per heavy atom. The number of terminal acetylenes is 1. The summed E-state index contributed by atoms with van der Waals surface area (Å²) in [5, 5.41) is 12.4. The molecular formula is C23H32BNO5. The van der Waals surface area contributed by atoms with E-state index in [1.165, 1.54) is 0 Å². The number of esters is 1. The molecule has 0 aromatic heterocycles. The van der Waals surface area contributed by atoms with Crippen molar-refractivity contribution in [2.75, 3.05) is 0 Å². The molecule has 0 aliphatic carbocycles. The van der Waals surface area contributed by atoms with E-state index in [-0.39, 0.29) is 48.9 Å². The number of carbonyl (C=O) groups excluding carboxylic acids is 3. The summed E-state index contributed by atoms with van der Waals surface area (Å²) in [7, 11) is 0. The van der Waals surface area contributed by atoms with Gasteiger partial charge in [0.15, 0.2) is 5.78 Å². The van der Waals surface area contributed by atoms with E-state index in [0.717, 1.165) is 11.1 Å². The van der Waals surface area contributed by atoms with Gasteiger partial charge in [-0.3, -0.25) is 14.4 Å². The summed E-state index contributed by atoms with van der Waals surface area (Å²) >= 11 is 0. The van der Waals surface area contributed by atoms with Crippen LogP contribution in [0.15, 0.2) is 24.3 Å². The summed E-state index contributed by atoms with van der Waals surface area (Å²) < 4.78 is 5.14. The lowest BCUT2D eigenvalue weighted by molar-refractivity contribution is -0.144. The van der Waals surface area contributed by atoms with Gasteiger partial charge in [-0.15, -0.1) is 12.3 Å². The van der Waals surface area contributed by atoms with Crippen molar-refractivity contribution in [3.63, 3.8) is 0 Å². The van der Waals surface area contributed by atoms with Crippen LogP contribution in [0.5, 0.6) is 0 Å². The zero-order chi connectivity index (χ0) is 22.7. The Morgan fingerprint density at radius 2 is 1.77 bits per heavy atom. The van der Waals surface area contributed by atoms with Gasteiger partial charge in [-0.25, -0.2) is 0 Å². The van der Waals surface area contributed by atoms with E-state index in [0.29, 0.717) is 12.7 Å². The van der Waals surface area contributed by atoms with Crippen molar-refractivity contribution in [2.24, 2.45) is 11.8 Å². The third-order valence-electron chi connectivity index (χ3n) is 4.85. The number of rotatable bonds is 12. The van der Waals surface area contributed by atoms with E-state index in [4.69, 9.17) is 11.2 Å². The van der Waals surface area contributed by atoms with E-state index in [1.807, 2.05) is 13.8 Å². The SMILES string of the molecule is C#CCCC(=O)OCc1ccc(CC(=O)[C@H](C)NC(=O)[C@@H](CB(C)O)C(C)C)cc1. The first-order chi connectivity index (χ1) is 14.1. The fourth-order valence-electron chi connectivity index (χ4n) is 2.97. The Kier molecular flexibility index (Phi) is 10.9. The molecule has 1 aromatic carbocycles. The first-order valence-corrected chi connectivity index (χ1v) is 10.3. The van der Waals surface area contributed by atoms with Crippen molar-refractivity contribution in [3.05, 3.63) is 35.4 Å². The Labute approximate surface area is 179 Å². The summed E-state index contributed by atoms with van der Waals surface area (Å²) in [5.41, 5.74) is 1.63. The number of ketones is 1. The largest absolute Gasteiger partial charge is 0.461 e. The van der Waals surface area contributed by atoms with Gasteiger partial charge in [0.05, 0.1) is 12.5 Å². The predicted octanol–water partition coefficient (Wildman–Crippen LogP) is 2.65. The van der Waals surface area contributed by atoms with Gasteiger partial charge in [0.1, 0.15) is 6.61 Å². The molecular weight excluding hydrogens is 381 g/mol. The van der Waals surface area contributed by atoms with Crippen LogP contribution in [0.4, 0.5) is 0 Å². The molecule has 2 N–H and O–H groups in total. The fraction of sp³-hybridized carbons (Fsp3) is 0.522. The second kappa shape index (κ2) is 12.9. The number of hydrogen-bond donors (Lipinski definition) is 2. The molecule has 0 unspecified atom stereocenters. The quantitative estimate of drug-likeness (QED) is 0.312. The maximum atomic E-state index is 12.5. The number of carbonyl (C=O) groups is 3. The first kappa shape index (κ1) is 25.5. The Hall–Kier alpha value is -2.59. The number of hydrogen-bond acceptors (Lipinski definition) is 5. The smallest absolute Gasteiger partial charge is 0.307 e. The van der Waals surface area contributed by atoms with Crippen molar-refractivity contribution in [2.45, 2.75) is 65.8 Å². The molecule has 30 heavy (non-hydrogen) atoms. The minimum Gasteiger partial charge on any atom is -0.461 e. The Bertz CT molecular complexity index is 752. The predicted molar refractivity (Wildman–Crippen MR) is 118 cm³/mol. The fourth-order valence-corrected chi connectivity index (χ4v) is 2.97. The van der Waals surface area contributed by atoms with Gasteiger partial charge in [0.25, 0.3) is 6.92 Å². The number of ether oxygens (including phenoxy) is 1. The van der Waals surface area contributed by atoms with Gasteiger partial charge in [0.2, 0.25) is 5.91 Å². The average molecular weight is 413 g/mol. The van der Waals surface area contributed by atoms with Crippen LogP contribution in [-0.2, 0) is 32.1 Å². The molecule has 7 heteroatoms. The monoisotopic (exact) mass is 413 g/mol. The van der Waals surface area contributed by atoms with Crippen molar-refractivity contribution in [1.29, 1.82) is 0 Å². The lowest BCUT2D eigenvalue weighted by Crippen LogP contribution is -2.44. The highest BCUT2D eigenvalue weighted by molar-refractivity contribution is 6.49. The Balaban J connectivity index is 2.56. The zero-order valence-corrected chi connectivity index (χ0v) is 18.3. The summed E-state index contributed by atoms with van der Waals surface area (Å²) in [6, 6.07) is 6.60. The highest BCUT2D eigenvalue weighted by Gasteiger charge is 2.27. The maximum absolute atomic E-state index is 12.5. The molecule has 0 saturated carbocycles. The number of Topliss-reactive ketones (excluding diaryl/α,β-unsaturated/α-hetero) is 1. The molecule has 0 spiro atoms. The minimum atomic E-state index is -0.621. The lowest BCUT2D eigenvalue weighted by Gasteiger charge is -2.23. The summed E-state index contributed by atoms with van der Waals surface area (Å²) in [4.78, 5) is 36.5. The van der Waals surface area contributed by atoms with Crippen molar-refractivity contribution >= 4 is 24.6 Å². The van der Waals surface area contributed by atoms with Crippen molar-refractivity contribution < 1.29 is 24.1 Å². The molecule has 2 atom stereocenters. The molecule has 1 rings (SSSR count). The third-order valence-corrected chi connectivity index (χ3v) is 4.85. The van der Waals surface area contributed by atoms with Gasteiger partial charge in [-0.05, 0) is 30.3 Å². The van der Waals surface area contributed by atoms with Crippen LogP contribution in [0.3, 0.4) is 0 Å². The van der Waals surface area contributed by atoms with Gasteiger partial charge in [-0.1, -0.05) is 44.9 Å². The van der Waals surface area contributed by atoms with Crippen LogP contribution in [-0.4, -0.2) is 35.6 Å². The molecule has 1 amide bonds. The molecule has 1 aromatic rings. The highest BCUT2D eigenvalue weighted by atomic mass is 16.5. The average Bonchev–Trinajstić information content (AvgIpc) is 2.69. The van der Waals surface area contributed by atoms with Crippen LogP contribution in [0.25, 0.3) is 0 Å². The molecule has 162 valence electrons. The molecule has 0 heterocycles. The van der Waals surface area contributed by atoms with Gasteiger partial charge in [-0.2, -0.15) is 0 Å². The third kappa shape index (κ3) is 9.28. The maximum Gasteiger partial charge on any atom is 0.307 e. The molecule has 6 nitrogen and oxygen atoms in total. The van der Waals surface area contributed by atoms with Crippen LogP contribution in [0, 0.1) is 24.2 Å². The standard InChI is InChI=1S/C23H32BNO5/c1-6-7-8-22(27)30-15-19-11-9-18(10-12-19)13-21(26)17(4)25-23(28)20(16(2)3)14-24(5)29/h1,9-12,16-17,20,29H,7-8,13-15H2,2-5H3,(H,25,28)/t17-,20-/m0/s1. The molecule has 0 radical (unpaired) electrons. The molecule has 0 aliphatic rings. The Morgan fingerprint density at radius 1 is 1.17 bits per heavy atom. The first-order valence-electron chi connectivity index (χ1n) is 10.3. The summed E-state index contributed by atoms with van der Waals surface area (Å²) in [6.45, 7) is 6.75. The van der Waals surface area contributed by atoms with Crippen molar-refractivity contribution in [3.8, 4) is 12.3 Å². The zero-order valence-electron chi connectivity index (χ0n) is 18.3. The molecule has 0 saturated heterocycles. The van der Waals surface area contributed by atoms with E-state index < -0.39 is 13.0 Å². The van der Waals surface area contributed by atoms with Gasteiger partial charge >= 0.3 is 5.97 Å². The van der Waals surface area contributed by atoms with E-state index >= 15 is 0 Å². The summed E-state index contributed by atoms with van der Waals surface area (Å²) in [5.74, 6) is 1.46. The van der Waals surface area contributed by atoms with Crippen molar-refractivity contribution in [1.82, 2.24) is 5.32 Å². The van der Waals surface area contributed by atoms with Crippen LogP contribution in [0.2, 0.25) is 13.1 Å². The van der Waals surface area contributed by atoms with Crippen LogP contribution in [0.1, 0.15) is 44.7 Å². The number of nitrogens with one attached hydrogen (secondary N) is 1. The second-order valence-electron chi connectivity index (χ2n) is 7.99. The van der Waals surface area contributed by atoms with E-state index in [9.17, 15) is 19.4 Å².